The van der Waals surface area contributed by atoms with Gasteiger partial charge in [0, 0.05) is 56.3 Å². The molecule has 6 heterocycles. The van der Waals surface area contributed by atoms with Gasteiger partial charge in [-0.3, -0.25) is 25.1 Å². The van der Waals surface area contributed by atoms with E-state index in [1.807, 2.05) is 47.4 Å². The Morgan fingerprint density at radius 3 is 2.75 bits per heavy atom. The molecule has 51 heavy (non-hydrogen) atoms. The highest BCUT2D eigenvalue weighted by Gasteiger charge is 2.39. The molecule has 1 unspecified atom stereocenters. The molecule has 12 nitrogen and oxygen atoms in total. The number of carbonyl (C=O) groups excluding carboxylic acids is 3. The fourth-order valence-electron chi connectivity index (χ4n) is 7.50. The minimum Gasteiger partial charge on any atom is -0.385 e. The zero-order chi connectivity index (χ0) is 35.1. The molecule has 3 amide bonds. The van der Waals surface area contributed by atoms with Crippen molar-refractivity contribution in [1.29, 1.82) is 5.41 Å². The van der Waals surface area contributed by atoms with Crippen molar-refractivity contribution in [2.45, 2.75) is 44.3 Å². The summed E-state index contributed by atoms with van der Waals surface area (Å²) in [7, 11) is 0. The van der Waals surface area contributed by atoms with Crippen LogP contribution >= 0.6 is 0 Å². The summed E-state index contributed by atoms with van der Waals surface area (Å²) >= 11 is 0. The number of nitrogens with zero attached hydrogens (tertiary/aromatic N) is 5. The first-order valence-corrected chi connectivity index (χ1v) is 17.4. The SMILES string of the molecule is N=C(/C=C\c1ncc(-c2cccc(N3CC(CNc4ccc5c(c4)CN(C4CCC(=O)NC4=O)C5=O)C3)n2)[nH]1)N1CCC[C@@H]1c1cccc(F)c1. The van der Waals surface area contributed by atoms with Gasteiger partial charge in [-0.1, -0.05) is 18.2 Å². The van der Waals surface area contributed by atoms with Crippen LogP contribution in [-0.4, -0.2) is 80.5 Å². The molecule has 8 rings (SSSR count). The number of rotatable bonds is 9. The number of halogens is 1. The van der Waals surface area contributed by atoms with Gasteiger partial charge in [-0.2, -0.15) is 0 Å². The van der Waals surface area contributed by atoms with Crippen LogP contribution in [-0.2, 0) is 16.1 Å². The molecule has 0 aliphatic carbocycles. The van der Waals surface area contributed by atoms with Crippen LogP contribution in [0.15, 0.2) is 72.9 Å². The van der Waals surface area contributed by atoms with Crippen molar-refractivity contribution in [2.24, 2.45) is 5.92 Å². The summed E-state index contributed by atoms with van der Waals surface area (Å²) in [6.45, 7) is 3.57. The lowest BCUT2D eigenvalue weighted by molar-refractivity contribution is -0.136. The Morgan fingerprint density at radius 2 is 1.90 bits per heavy atom. The molecule has 0 bridgehead atoms. The molecule has 260 valence electrons. The van der Waals surface area contributed by atoms with Gasteiger partial charge in [0.2, 0.25) is 11.8 Å². The van der Waals surface area contributed by atoms with Gasteiger partial charge >= 0.3 is 0 Å². The van der Waals surface area contributed by atoms with E-state index in [-0.39, 0.29) is 30.1 Å². The van der Waals surface area contributed by atoms with Gasteiger partial charge in [0.25, 0.3) is 5.91 Å². The molecule has 13 heteroatoms. The summed E-state index contributed by atoms with van der Waals surface area (Å²) in [5.41, 5.74) is 4.86. The maximum atomic E-state index is 13.8. The van der Waals surface area contributed by atoms with Crippen LogP contribution < -0.4 is 15.5 Å². The minimum atomic E-state index is -0.622. The Balaban J connectivity index is 0.836. The Labute approximate surface area is 294 Å². The summed E-state index contributed by atoms with van der Waals surface area (Å²) in [6, 6.07) is 17.6. The van der Waals surface area contributed by atoms with Crippen LogP contribution in [0.2, 0.25) is 0 Å². The van der Waals surface area contributed by atoms with Crippen molar-refractivity contribution in [3.8, 4) is 11.4 Å². The Kier molecular flexibility index (Phi) is 8.54. The van der Waals surface area contributed by atoms with E-state index in [1.54, 1.807) is 35.4 Å². The van der Waals surface area contributed by atoms with Crippen molar-refractivity contribution in [3.05, 3.63) is 101 Å². The number of amidine groups is 1. The zero-order valence-corrected chi connectivity index (χ0v) is 27.9. The monoisotopic (exact) mass is 687 g/mol. The van der Waals surface area contributed by atoms with Gasteiger partial charge in [-0.25, -0.2) is 14.4 Å². The fourth-order valence-corrected chi connectivity index (χ4v) is 7.50. The fraction of sp³-hybridized carbons (Fsp3) is 0.316. The van der Waals surface area contributed by atoms with Crippen LogP contribution in [0.25, 0.3) is 17.5 Å². The normalized spacial score (nSPS) is 20.6. The van der Waals surface area contributed by atoms with Gasteiger partial charge in [0.05, 0.1) is 23.6 Å². The second kappa shape index (κ2) is 13.5. The first-order chi connectivity index (χ1) is 24.8. The quantitative estimate of drug-likeness (QED) is 0.112. The molecule has 3 saturated heterocycles. The van der Waals surface area contributed by atoms with E-state index in [0.717, 1.165) is 73.0 Å². The lowest BCUT2D eigenvalue weighted by Gasteiger charge is -2.40. The van der Waals surface area contributed by atoms with Gasteiger partial charge in [0.15, 0.2) is 0 Å². The second-order valence-corrected chi connectivity index (χ2v) is 13.6. The molecule has 4 aliphatic rings. The molecule has 0 radical (unpaired) electrons. The number of anilines is 2. The predicted octanol–water partition coefficient (Wildman–Crippen LogP) is 4.75. The van der Waals surface area contributed by atoms with E-state index in [2.05, 4.69) is 25.5 Å². The largest absolute Gasteiger partial charge is 0.385 e. The highest BCUT2D eigenvalue weighted by molar-refractivity contribution is 6.05. The van der Waals surface area contributed by atoms with Crippen LogP contribution in [0, 0.1) is 17.1 Å². The molecule has 0 saturated carbocycles. The molecule has 4 N–H and O–H groups in total. The number of fused-ring (bicyclic) bond motifs is 1. The number of benzene rings is 2. The van der Waals surface area contributed by atoms with Gasteiger partial charge in [-0.15, -0.1) is 0 Å². The van der Waals surface area contributed by atoms with E-state index >= 15 is 0 Å². The molecule has 3 fully saturated rings. The number of hydrogen-bond donors (Lipinski definition) is 4. The van der Waals surface area contributed by atoms with E-state index in [1.165, 1.54) is 6.07 Å². The number of hydrogen-bond acceptors (Lipinski definition) is 8. The molecule has 4 aliphatic heterocycles. The van der Waals surface area contributed by atoms with Crippen LogP contribution in [0.1, 0.15) is 59.0 Å². The summed E-state index contributed by atoms with van der Waals surface area (Å²) in [5.74, 6) is 1.16. The first kappa shape index (κ1) is 32.4. The highest BCUT2D eigenvalue weighted by Crippen LogP contribution is 2.33. The third kappa shape index (κ3) is 6.58. The van der Waals surface area contributed by atoms with E-state index in [9.17, 15) is 18.8 Å². The second-order valence-electron chi connectivity index (χ2n) is 13.6. The highest BCUT2D eigenvalue weighted by atomic mass is 19.1. The predicted molar refractivity (Wildman–Crippen MR) is 190 cm³/mol. The molecule has 0 spiro atoms. The summed E-state index contributed by atoms with van der Waals surface area (Å²) < 4.78 is 13.8. The van der Waals surface area contributed by atoms with Crippen LogP contribution in [0.4, 0.5) is 15.9 Å². The number of piperidine rings is 1. The standard InChI is InChI=1S/C38H38FN9O3/c39-26-5-1-4-24(16-26)31-7-3-15-47(31)33(40)12-13-34-42-19-30(43-34)29-6-2-8-35(44-29)46-20-23(21-46)18-41-27-9-10-28-25(17-27)22-48(38(28)51)32-11-14-36(49)45-37(32)50/h1-2,4-6,8-10,12-13,16-17,19,23,31-32,40-41H,3,7,11,14-15,18,20-22H2,(H,42,43)(H,45,49,50)/b13-12-,40-33?/t31-,32?/m1/s1. The summed E-state index contributed by atoms with van der Waals surface area (Å²) in [6.07, 6.45) is 7.68. The number of nitrogens with one attached hydrogen (secondary N) is 4. The van der Waals surface area contributed by atoms with E-state index in [0.29, 0.717) is 36.1 Å². The average Bonchev–Trinajstić information content (AvgIpc) is 3.86. The molecule has 2 aromatic carbocycles. The Bertz CT molecular complexity index is 2060. The lowest BCUT2D eigenvalue weighted by atomic mass is 9.99. The number of pyridine rings is 1. The first-order valence-electron chi connectivity index (χ1n) is 17.4. The van der Waals surface area contributed by atoms with Crippen molar-refractivity contribution in [2.75, 3.05) is 36.4 Å². The zero-order valence-electron chi connectivity index (χ0n) is 27.9. The van der Waals surface area contributed by atoms with Crippen molar-refractivity contribution in [1.82, 2.24) is 30.1 Å². The minimum absolute atomic E-state index is 0.0141. The topological polar surface area (TPSA) is 150 Å². The maximum absolute atomic E-state index is 13.8. The van der Waals surface area contributed by atoms with Crippen LogP contribution in [0.5, 0.6) is 0 Å². The Morgan fingerprint density at radius 1 is 1.04 bits per heavy atom. The third-order valence-corrected chi connectivity index (χ3v) is 10.2. The van der Waals surface area contributed by atoms with Gasteiger partial charge in [-0.05, 0) is 85.0 Å². The maximum Gasteiger partial charge on any atom is 0.255 e. The van der Waals surface area contributed by atoms with E-state index < -0.39 is 11.9 Å². The number of amides is 3. The number of H-pyrrole nitrogens is 1. The molecule has 4 aromatic rings. The molecular weight excluding hydrogens is 649 g/mol. The van der Waals surface area contributed by atoms with Crippen molar-refractivity contribution < 1.29 is 18.8 Å². The number of likely N-dealkylation sites (tertiary alicyclic amines) is 1. The number of imide groups is 1. The number of aromatic nitrogens is 3. The molecular formula is C38H38FN9O3. The van der Waals surface area contributed by atoms with Gasteiger partial charge in [0.1, 0.15) is 29.3 Å². The summed E-state index contributed by atoms with van der Waals surface area (Å²) in [4.78, 5) is 55.4. The molecule has 2 aromatic heterocycles. The third-order valence-electron chi connectivity index (χ3n) is 10.2. The van der Waals surface area contributed by atoms with Crippen molar-refractivity contribution in [3.63, 3.8) is 0 Å². The number of aromatic amines is 1. The average molecular weight is 688 g/mol. The van der Waals surface area contributed by atoms with Crippen LogP contribution in [0.3, 0.4) is 0 Å². The van der Waals surface area contributed by atoms with E-state index in [4.69, 9.17) is 10.4 Å². The van der Waals surface area contributed by atoms with Crippen molar-refractivity contribution >= 4 is 41.1 Å². The smallest absolute Gasteiger partial charge is 0.255 e. The number of carbonyl (C=O) groups is 3. The molecule has 2 atom stereocenters. The summed E-state index contributed by atoms with van der Waals surface area (Å²) in [5, 5.41) is 14.5. The number of imidazole rings is 1. The Hall–Kier alpha value is -5.85. The lowest BCUT2D eigenvalue weighted by Crippen LogP contribution is -2.52. The van der Waals surface area contributed by atoms with Gasteiger partial charge < -0.3 is 25.0 Å².